The van der Waals surface area contributed by atoms with Gasteiger partial charge >= 0.3 is 0 Å². The molecule has 1 aliphatic rings. The molecule has 2 rings (SSSR count). The van der Waals surface area contributed by atoms with Crippen molar-refractivity contribution in [1.29, 1.82) is 0 Å². The summed E-state index contributed by atoms with van der Waals surface area (Å²) < 4.78 is 23.9. The number of hydrogen-bond donors (Lipinski definition) is 1. The van der Waals surface area contributed by atoms with Gasteiger partial charge in [-0.05, 0) is 37.5 Å². The van der Waals surface area contributed by atoms with E-state index in [0.717, 1.165) is 19.4 Å². The monoisotopic (exact) mass is 281 g/mol. The minimum atomic E-state index is -0.426. The summed E-state index contributed by atoms with van der Waals surface area (Å²) >= 11 is 0. The molecule has 1 aromatic carbocycles. The fourth-order valence-corrected chi connectivity index (χ4v) is 2.35. The molecule has 0 aromatic heterocycles. The molecule has 0 bridgehead atoms. The van der Waals surface area contributed by atoms with Crippen LogP contribution in [0.25, 0.3) is 0 Å². The quantitative estimate of drug-likeness (QED) is 0.902. The van der Waals surface area contributed by atoms with E-state index in [0.29, 0.717) is 12.0 Å². The van der Waals surface area contributed by atoms with Crippen LogP contribution in [0.4, 0.5) is 4.39 Å². The Labute approximate surface area is 118 Å². The van der Waals surface area contributed by atoms with Gasteiger partial charge in [-0.25, -0.2) is 4.39 Å². The predicted octanol–water partition coefficient (Wildman–Crippen LogP) is 2.58. The summed E-state index contributed by atoms with van der Waals surface area (Å²) in [7, 11) is 1.42. The maximum atomic E-state index is 13.6. The number of rotatable bonds is 5. The molecule has 4 nitrogen and oxygen atoms in total. The highest BCUT2D eigenvalue weighted by Gasteiger charge is 2.20. The molecule has 110 valence electrons. The van der Waals surface area contributed by atoms with Crippen LogP contribution in [0.5, 0.6) is 5.75 Å². The molecule has 5 heteroatoms. The highest BCUT2D eigenvalue weighted by atomic mass is 19.1. The zero-order chi connectivity index (χ0) is 14.5. The smallest absolute Gasteiger partial charge is 0.223 e. The first-order valence-electron chi connectivity index (χ1n) is 6.84. The van der Waals surface area contributed by atoms with Crippen LogP contribution in [0.1, 0.15) is 37.8 Å². The molecule has 0 spiro atoms. The lowest BCUT2D eigenvalue weighted by atomic mass is 10.1. The summed E-state index contributed by atoms with van der Waals surface area (Å²) in [6.07, 6.45) is 2.33. The van der Waals surface area contributed by atoms with E-state index in [4.69, 9.17) is 9.47 Å². The Balaban J connectivity index is 1.91. The lowest BCUT2D eigenvalue weighted by Crippen LogP contribution is -2.29. The van der Waals surface area contributed by atoms with Gasteiger partial charge in [0.15, 0.2) is 11.6 Å². The molecule has 1 heterocycles. The highest BCUT2D eigenvalue weighted by Crippen LogP contribution is 2.22. The summed E-state index contributed by atoms with van der Waals surface area (Å²) in [6.45, 7) is 2.56. The lowest BCUT2D eigenvalue weighted by Gasteiger charge is -2.16. The normalized spacial score (nSPS) is 19.6. The molecular weight excluding hydrogens is 261 g/mol. The largest absolute Gasteiger partial charge is 0.494 e. The van der Waals surface area contributed by atoms with Crippen molar-refractivity contribution in [3.8, 4) is 5.75 Å². The van der Waals surface area contributed by atoms with Gasteiger partial charge in [0.25, 0.3) is 0 Å². The van der Waals surface area contributed by atoms with E-state index < -0.39 is 5.82 Å². The first kappa shape index (κ1) is 14.8. The molecule has 1 aromatic rings. The van der Waals surface area contributed by atoms with Crippen LogP contribution >= 0.6 is 0 Å². The Hall–Kier alpha value is -1.62. The maximum Gasteiger partial charge on any atom is 0.223 e. The summed E-state index contributed by atoms with van der Waals surface area (Å²) in [5.41, 5.74) is 0.712. The number of amides is 1. The van der Waals surface area contributed by atoms with Crippen molar-refractivity contribution in [3.63, 3.8) is 0 Å². The number of nitrogens with one attached hydrogen (secondary N) is 1. The number of benzene rings is 1. The Morgan fingerprint density at radius 2 is 2.40 bits per heavy atom. The maximum absolute atomic E-state index is 13.6. The van der Waals surface area contributed by atoms with Gasteiger partial charge in [0.05, 0.1) is 25.7 Å². The zero-order valence-electron chi connectivity index (χ0n) is 11.8. The second kappa shape index (κ2) is 6.70. The summed E-state index contributed by atoms with van der Waals surface area (Å²) in [4.78, 5) is 11.9. The number of methoxy groups -OCH3 is 1. The number of ether oxygens (including phenoxy) is 2. The fourth-order valence-electron chi connectivity index (χ4n) is 2.35. The molecule has 0 unspecified atom stereocenters. The average Bonchev–Trinajstić information content (AvgIpc) is 2.91. The van der Waals surface area contributed by atoms with Gasteiger partial charge in [-0.15, -0.1) is 0 Å². The minimum absolute atomic E-state index is 0.0230. The van der Waals surface area contributed by atoms with Crippen molar-refractivity contribution in [2.75, 3.05) is 13.7 Å². The van der Waals surface area contributed by atoms with E-state index in [1.165, 1.54) is 13.2 Å². The van der Waals surface area contributed by atoms with Crippen LogP contribution in [0, 0.1) is 5.82 Å². The van der Waals surface area contributed by atoms with Crippen LogP contribution in [0.2, 0.25) is 0 Å². The molecular formula is C15H20FNO3. The van der Waals surface area contributed by atoms with E-state index in [1.54, 1.807) is 12.1 Å². The van der Waals surface area contributed by atoms with E-state index in [-0.39, 0.29) is 23.8 Å². The number of hydrogen-bond acceptors (Lipinski definition) is 3. The van der Waals surface area contributed by atoms with Crippen LogP contribution < -0.4 is 10.1 Å². The van der Waals surface area contributed by atoms with E-state index >= 15 is 0 Å². The van der Waals surface area contributed by atoms with Crippen molar-refractivity contribution in [2.45, 2.75) is 38.3 Å². The van der Waals surface area contributed by atoms with Crippen LogP contribution in [-0.2, 0) is 9.53 Å². The van der Waals surface area contributed by atoms with Gasteiger partial charge in [-0.2, -0.15) is 0 Å². The molecule has 0 aliphatic carbocycles. The predicted molar refractivity (Wildman–Crippen MR) is 73.1 cm³/mol. The number of carbonyl (C=O) groups is 1. The first-order chi connectivity index (χ1) is 9.60. The standard InChI is InChI=1S/C15H20FNO3/c1-10(11-5-6-14(19-2)13(16)8-11)17-15(18)9-12-4-3-7-20-12/h5-6,8,10,12H,3-4,7,9H2,1-2H3,(H,17,18)/t10-,12-/m1/s1. The highest BCUT2D eigenvalue weighted by molar-refractivity contribution is 5.77. The van der Waals surface area contributed by atoms with Crippen molar-refractivity contribution >= 4 is 5.91 Å². The topological polar surface area (TPSA) is 47.6 Å². The van der Waals surface area contributed by atoms with E-state index in [9.17, 15) is 9.18 Å². The van der Waals surface area contributed by atoms with Gasteiger partial charge in [0.2, 0.25) is 5.91 Å². The van der Waals surface area contributed by atoms with Gasteiger partial charge in [0.1, 0.15) is 0 Å². The van der Waals surface area contributed by atoms with Crippen LogP contribution in [0.15, 0.2) is 18.2 Å². The van der Waals surface area contributed by atoms with E-state index in [1.807, 2.05) is 6.92 Å². The van der Waals surface area contributed by atoms with Crippen molar-refractivity contribution in [1.82, 2.24) is 5.32 Å². The second-order valence-electron chi connectivity index (χ2n) is 5.02. The third-order valence-corrected chi connectivity index (χ3v) is 3.49. The summed E-state index contributed by atoms with van der Waals surface area (Å²) in [6, 6.07) is 4.45. The summed E-state index contributed by atoms with van der Waals surface area (Å²) in [5.74, 6) is -0.294. The van der Waals surface area contributed by atoms with Gasteiger partial charge in [-0.1, -0.05) is 6.07 Å². The third-order valence-electron chi connectivity index (χ3n) is 3.49. The van der Waals surface area contributed by atoms with Crippen molar-refractivity contribution in [2.24, 2.45) is 0 Å². The lowest BCUT2D eigenvalue weighted by molar-refractivity contribution is -0.123. The fraction of sp³-hybridized carbons (Fsp3) is 0.533. The number of halogens is 1. The second-order valence-corrected chi connectivity index (χ2v) is 5.02. The number of carbonyl (C=O) groups excluding carboxylic acids is 1. The Kier molecular flexibility index (Phi) is 4.95. The van der Waals surface area contributed by atoms with Gasteiger partial charge < -0.3 is 14.8 Å². The Morgan fingerprint density at radius 1 is 1.60 bits per heavy atom. The average molecular weight is 281 g/mol. The van der Waals surface area contributed by atoms with Crippen LogP contribution in [0.3, 0.4) is 0 Å². The zero-order valence-corrected chi connectivity index (χ0v) is 11.8. The molecule has 1 aliphatic heterocycles. The van der Waals surface area contributed by atoms with Crippen molar-refractivity contribution < 1.29 is 18.7 Å². The Morgan fingerprint density at radius 3 is 3.00 bits per heavy atom. The molecule has 2 atom stereocenters. The molecule has 1 saturated heterocycles. The van der Waals surface area contributed by atoms with Crippen LogP contribution in [-0.4, -0.2) is 25.7 Å². The van der Waals surface area contributed by atoms with Gasteiger partial charge in [-0.3, -0.25) is 4.79 Å². The molecule has 1 N–H and O–H groups in total. The summed E-state index contributed by atoms with van der Waals surface area (Å²) in [5, 5.41) is 2.86. The van der Waals surface area contributed by atoms with Crippen molar-refractivity contribution in [3.05, 3.63) is 29.6 Å². The molecule has 1 fully saturated rings. The van der Waals surface area contributed by atoms with Gasteiger partial charge in [0, 0.05) is 6.61 Å². The minimum Gasteiger partial charge on any atom is -0.494 e. The van der Waals surface area contributed by atoms with E-state index in [2.05, 4.69) is 5.32 Å². The molecule has 1 amide bonds. The first-order valence-corrected chi connectivity index (χ1v) is 6.84. The SMILES string of the molecule is COc1ccc([C@@H](C)NC(=O)C[C@H]2CCCO2)cc1F. The third kappa shape index (κ3) is 3.70. The molecule has 0 radical (unpaired) electrons. The molecule has 20 heavy (non-hydrogen) atoms. The molecule has 0 saturated carbocycles. The Bertz CT molecular complexity index is 472.